The van der Waals surface area contributed by atoms with E-state index >= 15 is 0 Å². The molecule has 0 N–H and O–H groups in total. The second-order valence-corrected chi connectivity index (χ2v) is 3.97. The van der Waals surface area contributed by atoms with E-state index in [0.717, 1.165) is 25.7 Å². The van der Waals surface area contributed by atoms with Crippen molar-refractivity contribution in [2.45, 2.75) is 52.9 Å². The molecule has 1 amide bonds. The Bertz CT molecular complexity index is 202. The van der Waals surface area contributed by atoms with Crippen LogP contribution in [0.5, 0.6) is 0 Å². The number of rotatable bonds is 8. The van der Waals surface area contributed by atoms with Crippen molar-refractivity contribution in [3.8, 4) is 0 Å². The summed E-state index contributed by atoms with van der Waals surface area (Å²) in [5.41, 5.74) is 0. The number of amides is 1. The topological polar surface area (TPSA) is 37.4 Å². The molecule has 0 aromatic heterocycles. The Kier molecular flexibility index (Phi) is 7.96. The normalized spacial score (nSPS) is 10.1. The van der Waals surface area contributed by atoms with Crippen LogP contribution in [0.2, 0.25) is 0 Å². The Morgan fingerprint density at radius 1 is 1.07 bits per heavy atom. The lowest BCUT2D eigenvalue weighted by Gasteiger charge is -2.20. The number of unbranched alkanes of at least 4 members (excludes halogenated alkanes) is 2. The van der Waals surface area contributed by atoms with Gasteiger partial charge in [0.25, 0.3) is 0 Å². The minimum Gasteiger partial charge on any atom is -0.335 e. The quantitative estimate of drug-likeness (QED) is 0.581. The van der Waals surface area contributed by atoms with Crippen molar-refractivity contribution in [1.29, 1.82) is 0 Å². The maximum Gasteiger partial charge on any atom is 0.222 e. The fourth-order valence-electron chi connectivity index (χ4n) is 1.51. The van der Waals surface area contributed by atoms with E-state index in [4.69, 9.17) is 0 Å². The maximum absolute atomic E-state index is 11.7. The van der Waals surface area contributed by atoms with Crippen LogP contribution in [0.15, 0.2) is 0 Å². The summed E-state index contributed by atoms with van der Waals surface area (Å²) in [5.74, 6) is 0.188. The highest BCUT2D eigenvalue weighted by Crippen LogP contribution is 2.04. The molecule has 3 heteroatoms. The molecule has 0 unspecified atom stereocenters. The SMILES string of the molecule is CCCCCC(=O)N(CCC)CC(C)=O. The molecule has 0 radical (unpaired) electrons. The standard InChI is InChI=1S/C12H23NO2/c1-4-6-7-8-12(15)13(9-5-2)10-11(3)14/h4-10H2,1-3H3. The van der Waals surface area contributed by atoms with E-state index in [1.165, 1.54) is 6.92 Å². The van der Waals surface area contributed by atoms with Crippen LogP contribution in [-0.2, 0) is 9.59 Å². The monoisotopic (exact) mass is 213 g/mol. The first-order valence-corrected chi connectivity index (χ1v) is 5.89. The Morgan fingerprint density at radius 2 is 1.73 bits per heavy atom. The molecular weight excluding hydrogens is 190 g/mol. The number of hydrogen-bond acceptors (Lipinski definition) is 2. The molecule has 0 aliphatic carbocycles. The first kappa shape index (κ1) is 14.1. The molecule has 0 aromatic rings. The van der Waals surface area contributed by atoms with Gasteiger partial charge in [0.1, 0.15) is 5.78 Å². The molecule has 3 nitrogen and oxygen atoms in total. The smallest absolute Gasteiger partial charge is 0.222 e. The predicted molar refractivity (Wildman–Crippen MR) is 61.7 cm³/mol. The summed E-state index contributed by atoms with van der Waals surface area (Å²) < 4.78 is 0. The summed E-state index contributed by atoms with van der Waals surface area (Å²) in [6.45, 7) is 6.64. The molecule has 0 saturated heterocycles. The fraction of sp³-hybridized carbons (Fsp3) is 0.833. The molecule has 15 heavy (non-hydrogen) atoms. The van der Waals surface area contributed by atoms with Crippen molar-refractivity contribution in [1.82, 2.24) is 4.90 Å². The Balaban J connectivity index is 3.98. The van der Waals surface area contributed by atoms with Crippen LogP contribution in [0.1, 0.15) is 52.9 Å². The molecule has 0 aliphatic rings. The van der Waals surface area contributed by atoms with Gasteiger partial charge in [0.05, 0.1) is 6.54 Å². The van der Waals surface area contributed by atoms with Crippen molar-refractivity contribution in [3.63, 3.8) is 0 Å². The zero-order chi connectivity index (χ0) is 11.7. The largest absolute Gasteiger partial charge is 0.335 e. The molecule has 0 aliphatic heterocycles. The van der Waals surface area contributed by atoms with Gasteiger partial charge in [-0.1, -0.05) is 26.7 Å². The van der Waals surface area contributed by atoms with Crippen LogP contribution in [0.25, 0.3) is 0 Å². The summed E-state index contributed by atoms with van der Waals surface area (Å²) in [4.78, 5) is 24.4. The maximum atomic E-state index is 11.7. The van der Waals surface area contributed by atoms with Gasteiger partial charge in [-0.05, 0) is 19.8 Å². The lowest BCUT2D eigenvalue weighted by Crippen LogP contribution is -2.35. The predicted octanol–water partition coefficient (Wildman–Crippen LogP) is 2.39. The molecule has 88 valence electrons. The van der Waals surface area contributed by atoms with Crippen molar-refractivity contribution < 1.29 is 9.59 Å². The third-order valence-electron chi connectivity index (χ3n) is 2.25. The van der Waals surface area contributed by atoms with Crippen molar-refractivity contribution >= 4 is 11.7 Å². The molecule has 0 saturated carbocycles. The minimum atomic E-state index is 0.0623. The van der Waals surface area contributed by atoms with Crippen LogP contribution < -0.4 is 0 Å². The third-order valence-corrected chi connectivity index (χ3v) is 2.25. The van der Waals surface area contributed by atoms with E-state index in [1.54, 1.807) is 4.90 Å². The Labute approximate surface area is 92.8 Å². The van der Waals surface area contributed by atoms with Gasteiger partial charge in [0, 0.05) is 13.0 Å². The van der Waals surface area contributed by atoms with Gasteiger partial charge in [0.15, 0.2) is 0 Å². The van der Waals surface area contributed by atoms with Gasteiger partial charge in [-0.15, -0.1) is 0 Å². The fourth-order valence-corrected chi connectivity index (χ4v) is 1.51. The Morgan fingerprint density at radius 3 is 2.20 bits per heavy atom. The minimum absolute atomic E-state index is 0.0623. The molecule has 0 rings (SSSR count). The molecule has 0 aromatic carbocycles. The number of nitrogens with zero attached hydrogens (tertiary/aromatic N) is 1. The molecular formula is C12H23NO2. The van der Waals surface area contributed by atoms with Gasteiger partial charge in [0.2, 0.25) is 5.91 Å². The van der Waals surface area contributed by atoms with E-state index in [0.29, 0.717) is 13.0 Å². The average molecular weight is 213 g/mol. The van der Waals surface area contributed by atoms with Gasteiger partial charge < -0.3 is 4.90 Å². The molecule has 0 bridgehead atoms. The van der Waals surface area contributed by atoms with Crippen LogP contribution >= 0.6 is 0 Å². The summed E-state index contributed by atoms with van der Waals surface area (Å²) in [7, 11) is 0. The van der Waals surface area contributed by atoms with E-state index in [-0.39, 0.29) is 18.2 Å². The summed E-state index contributed by atoms with van der Waals surface area (Å²) in [6, 6.07) is 0. The lowest BCUT2D eigenvalue weighted by molar-refractivity contribution is -0.135. The van der Waals surface area contributed by atoms with Crippen molar-refractivity contribution in [2.24, 2.45) is 0 Å². The van der Waals surface area contributed by atoms with Crippen LogP contribution in [0, 0.1) is 0 Å². The molecule has 0 atom stereocenters. The number of ketones is 1. The van der Waals surface area contributed by atoms with Crippen LogP contribution in [0.4, 0.5) is 0 Å². The van der Waals surface area contributed by atoms with E-state index < -0.39 is 0 Å². The summed E-state index contributed by atoms with van der Waals surface area (Å²) in [5, 5.41) is 0. The van der Waals surface area contributed by atoms with E-state index in [2.05, 4.69) is 6.92 Å². The number of hydrogen-bond donors (Lipinski definition) is 0. The van der Waals surface area contributed by atoms with Gasteiger partial charge >= 0.3 is 0 Å². The van der Waals surface area contributed by atoms with Crippen molar-refractivity contribution in [3.05, 3.63) is 0 Å². The van der Waals surface area contributed by atoms with Crippen LogP contribution in [-0.4, -0.2) is 29.7 Å². The Hall–Kier alpha value is -0.860. The summed E-state index contributed by atoms with van der Waals surface area (Å²) in [6.07, 6.45) is 4.64. The highest BCUT2D eigenvalue weighted by atomic mass is 16.2. The van der Waals surface area contributed by atoms with Crippen LogP contribution in [0.3, 0.4) is 0 Å². The van der Waals surface area contributed by atoms with E-state index in [1.807, 2.05) is 6.92 Å². The zero-order valence-electron chi connectivity index (χ0n) is 10.2. The first-order valence-electron chi connectivity index (χ1n) is 5.89. The number of carbonyl (C=O) groups excluding carboxylic acids is 2. The molecule has 0 fully saturated rings. The van der Waals surface area contributed by atoms with Gasteiger partial charge in [-0.3, -0.25) is 9.59 Å². The second-order valence-electron chi connectivity index (χ2n) is 3.97. The lowest BCUT2D eigenvalue weighted by atomic mass is 10.2. The average Bonchev–Trinajstić information content (AvgIpc) is 2.17. The van der Waals surface area contributed by atoms with Gasteiger partial charge in [-0.25, -0.2) is 0 Å². The van der Waals surface area contributed by atoms with E-state index in [9.17, 15) is 9.59 Å². The van der Waals surface area contributed by atoms with Crippen molar-refractivity contribution in [2.75, 3.05) is 13.1 Å². The summed E-state index contributed by atoms with van der Waals surface area (Å²) >= 11 is 0. The third kappa shape index (κ3) is 7.11. The highest BCUT2D eigenvalue weighted by Gasteiger charge is 2.13. The zero-order valence-corrected chi connectivity index (χ0v) is 10.2. The molecule has 0 spiro atoms. The number of Topliss-reactive ketones (excluding diaryl/α,β-unsaturated/α-hetero) is 1. The molecule has 0 heterocycles. The van der Waals surface area contributed by atoms with Gasteiger partial charge in [-0.2, -0.15) is 0 Å². The first-order chi connectivity index (χ1) is 7.11. The number of carbonyl (C=O) groups is 2. The highest BCUT2D eigenvalue weighted by molar-refractivity contribution is 5.84. The second kappa shape index (κ2) is 8.45.